The van der Waals surface area contributed by atoms with Crippen LogP contribution in [0.3, 0.4) is 0 Å². The van der Waals surface area contributed by atoms with Crippen molar-refractivity contribution in [2.24, 2.45) is 5.92 Å². The summed E-state index contributed by atoms with van der Waals surface area (Å²) in [6.07, 6.45) is 0.452. The minimum atomic E-state index is -0.539. The number of thioether (sulfide) groups is 1. The minimum absolute atomic E-state index is 0.0502. The standard InChI is InChI=1S/C18H23NO4S/c1-12(20)24-11-13-9-16(21)19(10-13)15-7-5-14(6-8-15)17(22)23-18(2,3)4/h5-8,13H,9-11H2,1-4H3. The highest BCUT2D eigenvalue weighted by Crippen LogP contribution is 2.28. The number of anilines is 1. The predicted octanol–water partition coefficient (Wildman–Crippen LogP) is 3.27. The Morgan fingerprint density at radius 2 is 1.88 bits per heavy atom. The van der Waals surface area contributed by atoms with E-state index in [1.807, 2.05) is 20.8 Å². The number of benzene rings is 1. The molecule has 0 N–H and O–H groups in total. The third-order valence-electron chi connectivity index (χ3n) is 3.54. The Morgan fingerprint density at radius 3 is 2.42 bits per heavy atom. The second-order valence-electron chi connectivity index (χ2n) is 6.93. The molecule has 1 fully saturated rings. The summed E-state index contributed by atoms with van der Waals surface area (Å²) in [5, 5.41) is 0.0719. The van der Waals surface area contributed by atoms with Gasteiger partial charge in [0.25, 0.3) is 0 Å². The molecule has 2 rings (SSSR count). The van der Waals surface area contributed by atoms with Crippen molar-refractivity contribution >= 4 is 34.4 Å². The average Bonchev–Trinajstić information content (AvgIpc) is 2.84. The predicted molar refractivity (Wildman–Crippen MR) is 95.2 cm³/mol. The van der Waals surface area contributed by atoms with E-state index in [1.165, 1.54) is 18.7 Å². The van der Waals surface area contributed by atoms with Gasteiger partial charge in [-0.1, -0.05) is 11.8 Å². The number of carbonyl (C=O) groups is 3. The molecule has 130 valence electrons. The van der Waals surface area contributed by atoms with Gasteiger partial charge in [0, 0.05) is 31.3 Å². The molecular formula is C18H23NO4S. The van der Waals surface area contributed by atoms with Gasteiger partial charge >= 0.3 is 5.97 Å². The molecule has 1 aromatic rings. The van der Waals surface area contributed by atoms with Gasteiger partial charge in [0.15, 0.2) is 5.12 Å². The topological polar surface area (TPSA) is 63.7 Å². The van der Waals surface area contributed by atoms with Gasteiger partial charge in [0.1, 0.15) is 5.60 Å². The maximum atomic E-state index is 12.2. The van der Waals surface area contributed by atoms with Crippen molar-refractivity contribution in [3.63, 3.8) is 0 Å². The van der Waals surface area contributed by atoms with Crippen molar-refractivity contribution in [1.29, 1.82) is 0 Å². The third-order valence-corrected chi connectivity index (χ3v) is 4.59. The third kappa shape index (κ3) is 5.09. The zero-order valence-corrected chi connectivity index (χ0v) is 15.3. The van der Waals surface area contributed by atoms with Gasteiger partial charge in [-0.25, -0.2) is 4.79 Å². The molecule has 1 aliphatic heterocycles. The maximum Gasteiger partial charge on any atom is 0.338 e. The first-order chi connectivity index (χ1) is 11.2. The molecule has 1 aromatic carbocycles. The number of nitrogens with zero attached hydrogens (tertiary/aromatic N) is 1. The van der Waals surface area contributed by atoms with Crippen LogP contribution in [-0.4, -0.2) is 34.9 Å². The van der Waals surface area contributed by atoms with Crippen molar-refractivity contribution < 1.29 is 19.1 Å². The molecule has 5 nitrogen and oxygen atoms in total. The van der Waals surface area contributed by atoms with Gasteiger partial charge in [0.2, 0.25) is 5.91 Å². The van der Waals surface area contributed by atoms with Gasteiger partial charge in [-0.05, 0) is 51.0 Å². The smallest absolute Gasteiger partial charge is 0.338 e. The largest absolute Gasteiger partial charge is 0.456 e. The number of hydrogen-bond acceptors (Lipinski definition) is 5. The minimum Gasteiger partial charge on any atom is -0.456 e. The molecule has 6 heteroatoms. The summed E-state index contributed by atoms with van der Waals surface area (Å²) < 4.78 is 5.33. The molecule has 0 radical (unpaired) electrons. The van der Waals surface area contributed by atoms with Crippen LogP contribution < -0.4 is 4.90 Å². The van der Waals surface area contributed by atoms with E-state index in [1.54, 1.807) is 29.2 Å². The molecule has 1 saturated heterocycles. The van der Waals surface area contributed by atoms with Crippen molar-refractivity contribution in [2.75, 3.05) is 17.2 Å². The number of carbonyl (C=O) groups excluding carboxylic acids is 3. The number of hydrogen-bond donors (Lipinski definition) is 0. The lowest BCUT2D eigenvalue weighted by molar-refractivity contribution is -0.117. The second-order valence-corrected chi connectivity index (χ2v) is 8.12. The van der Waals surface area contributed by atoms with Crippen LogP contribution >= 0.6 is 11.8 Å². The molecule has 0 aromatic heterocycles. The quantitative estimate of drug-likeness (QED) is 0.781. The molecule has 1 atom stereocenters. The Kier molecular flexibility index (Phi) is 5.70. The monoisotopic (exact) mass is 349 g/mol. The normalized spacial score (nSPS) is 17.9. The van der Waals surface area contributed by atoms with Crippen LogP contribution in [0.25, 0.3) is 0 Å². The van der Waals surface area contributed by atoms with Gasteiger partial charge in [-0.2, -0.15) is 0 Å². The first-order valence-electron chi connectivity index (χ1n) is 7.93. The first-order valence-corrected chi connectivity index (χ1v) is 8.91. The lowest BCUT2D eigenvalue weighted by Crippen LogP contribution is -2.25. The second kappa shape index (κ2) is 7.38. The summed E-state index contributed by atoms with van der Waals surface area (Å²) in [5.41, 5.74) is 0.689. The summed E-state index contributed by atoms with van der Waals surface area (Å²) in [7, 11) is 0. The molecule has 1 amide bonds. The van der Waals surface area contributed by atoms with Crippen LogP contribution in [0, 0.1) is 5.92 Å². The van der Waals surface area contributed by atoms with Crippen LogP contribution in [0.1, 0.15) is 44.5 Å². The van der Waals surface area contributed by atoms with Crippen molar-refractivity contribution in [1.82, 2.24) is 0 Å². The van der Waals surface area contributed by atoms with Gasteiger partial charge in [-0.3, -0.25) is 9.59 Å². The molecular weight excluding hydrogens is 326 g/mol. The molecule has 1 unspecified atom stereocenters. The summed E-state index contributed by atoms with van der Waals surface area (Å²) in [4.78, 5) is 37.0. The summed E-state index contributed by atoms with van der Waals surface area (Å²) in [5.74, 6) is 0.511. The van der Waals surface area contributed by atoms with Crippen LogP contribution in [0.15, 0.2) is 24.3 Å². The lowest BCUT2D eigenvalue weighted by Gasteiger charge is -2.20. The highest BCUT2D eigenvalue weighted by molar-refractivity contribution is 8.13. The molecule has 0 aliphatic carbocycles. The Labute approximate surface area is 146 Å². The van der Waals surface area contributed by atoms with Crippen LogP contribution in [-0.2, 0) is 14.3 Å². The molecule has 0 saturated carbocycles. The van der Waals surface area contributed by atoms with Gasteiger partial charge in [-0.15, -0.1) is 0 Å². The first kappa shape index (κ1) is 18.5. The van der Waals surface area contributed by atoms with Crippen molar-refractivity contribution in [3.05, 3.63) is 29.8 Å². The van der Waals surface area contributed by atoms with E-state index in [4.69, 9.17) is 4.74 Å². The summed E-state index contributed by atoms with van der Waals surface area (Å²) in [6.45, 7) is 7.60. The molecule has 0 spiro atoms. The number of rotatable bonds is 4. The average molecular weight is 349 g/mol. The number of ether oxygens (including phenoxy) is 1. The molecule has 1 heterocycles. The molecule has 24 heavy (non-hydrogen) atoms. The fourth-order valence-corrected chi connectivity index (χ4v) is 3.19. The molecule has 1 aliphatic rings. The highest BCUT2D eigenvalue weighted by atomic mass is 32.2. The number of esters is 1. The zero-order valence-electron chi connectivity index (χ0n) is 14.5. The van der Waals surface area contributed by atoms with E-state index >= 15 is 0 Å². The van der Waals surface area contributed by atoms with Crippen LogP contribution in [0.5, 0.6) is 0 Å². The Morgan fingerprint density at radius 1 is 1.25 bits per heavy atom. The molecule has 0 bridgehead atoms. The van der Waals surface area contributed by atoms with E-state index in [9.17, 15) is 14.4 Å². The van der Waals surface area contributed by atoms with Gasteiger partial charge < -0.3 is 9.64 Å². The fraction of sp³-hybridized carbons (Fsp3) is 0.500. The van der Waals surface area contributed by atoms with E-state index < -0.39 is 5.60 Å². The zero-order chi connectivity index (χ0) is 17.9. The van der Waals surface area contributed by atoms with Crippen molar-refractivity contribution in [3.8, 4) is 0 Å². The Bertz CT molecular complexity index is 633. The highest BCUT2D eigenvalue weighted by Gasteiger charge is 2.31. The van der Waals surface area contributed by atoms with Crippen molar-refractivity contribution in [2.45, 2.75) is 39.7 Å². The maximum absolute atomic E-state index is 12.2. The van der Waals surface area contributed by atoms with Crippen LogP contribution in [0.2, 0.25) is 0 Å². The SMILES string of the molecule is CC(=O)SCC1CC(=O)N(c2ccc(C(=O)OC(C)(C)C)cc2)C1. The van der Waals surface area contributed by atoms with E-state index in [0.717, 1.165) is 5.69 Å². The van der Waals surface area contributed by atoms with Crippen LogP contribution in [0.4, 0.5) is 5.69 Å². The summed E-state index contributed by atoms with van der Waals surface area (Å²) in [6, 6.07) is 6.87. The summed E-state index contributed by atoms with van der Waals surface area (Å²) >= 11 is 1.26. The Balaban J connectivity index is 2.01. The van der Waals surface area contributed by atoms with Gasteiger partial charge in [0.05, 0.1) is 5.56 Å². The number of amides is 1. The lowest BCUT2D eigenvalue weighted by atomic mass is 10.1. The van der Waals surface area contributed by atoms with E-state index in [0.29, 0.717) is 24.3 Å². The van der Waals surface area contributed by atoms with E-state index in [-0.39, 0.29) is 22.9 Å². The fourth-order valence-electron chi connectivity index (χ4n) is 2.49. The van der Waals surface area contributed by atoms with E-state index in [2.05, 4.69) is 0 Å². The Hall–Kier alpha value is -1.82.